The lowest BCUT2D eigenvalue weighted by Crippen LogP contribution is -2.65. The van der Waals surface area contributed by atoms with E-state index in [1.165, 1.54) is 5.56 Å². The summed E-state index contributed by atoms with van der Waals surface area (Å²) in [4.78, 5) is 14.4. The van der Waals surface area contributed by atoms with E-state index in [-0.39, 0.29) is 11.8 Å². The van der Waals surface area contributed by atoms with Gasteiger partial charge in [-0.05, 0) is 62.1 Å². The van der Waals surface area contributed by atoms with Crippen LogP contribution in [0.5, 0.6) is 5.75 Å². The number of nitrogens with zero attached hydrogens (tertiary/aromatic N) is 1. The topological polar surface area (TPSA) is 49.4 Å². The number of rotatable bonds is 5. The third kappa shape index (κ3) is 3.90. The first-order chi connectivity index (χ1) is 17.5. The molecule has 2 saturated heterocycles. The van der Waals surface area contributed by atoms with E-state index < -0.39 is 29.3 Å². The molecule has 0 atom stereocenters. The van der Waals surface area contributed by atoms with Gasteiger partial charge in [0.05, 0.1) is 13.2 Å². The zero-order valence-electron chi connectivity index (χ0n) is 20.8. The van der Waals surface area contributed by atoms with Crippen LogP contribution in [0.15, 0.2) is 24.3 Å². The number of hydrogen-bond donors (Lipinski definition) is 0. The fraction of sp³-hybridized carbons (Fsp3) is 0.786. The first-order valence-electron chi connectivity index (χ1n) is 13.9. The number of hydrogen-bond acceptors (Lipinski definition) is 6. The molecular formula is C28H37F2NO5. The van der Waals surface area contributed by atoms with Crippen molar-refractivity contribution in [2.24, 2.45) is 23.7 Å². The highest BCUT2D eigenvalue weighted by Crippen LogP contribution is 2.67. The number of halogens is 2. The third-order valence-corrected chi connectivity index (χ3v) is 10.1. The molecule has 5 aliphatic carbocycles. The Morgan fingerprint density at radius 2 is 1.50 bits per heavy atom. The Morgan fingerprint density at radius 3 is 2.14 bits per heavy atom. The standard InChI is InChI=1S/C28H37F2NO5/c29-27(30)21-15-23-17-22(27)18-24(16-21)28(23)34-26(35-36-28)7-5-20(6-8-26)19-1-3-25(4-2-19)33-14-11-31-9-12-32-13-10-31/h1-4,20-24H,5-18H2. The van der Waals surface area contributed by atoms with Crippen LogP contribution < -0.4 is 4.74 Å². The second-order valence-corrected chi connectivity index (χ2v) is 12.0. The van der Waals surface area contributed by atoms with Crippen LogP contribution in [0.25, 0.3) is 0 Å². The molecule has 0 aromatic heterocycles. The van der Waals surface area contributed by atoms with Crippen LogP contribution in [-0.2, 0) is 19.2 Å². The summed E-state index contributed by atoms with van der Waals surface area (Å²) in [6.45, 7) is 5.17. The molecule has 7 aliphatic rings. The molecule has 198 valence electrons. The fourth-order valence-corrected chi connectivity index (χ4v) is 8.01. The Labute approximate surface area is 211 Å². The molecule has 6 nitrogen and oxygen atoms in total. The molecule has 7 fully saturated rings. The molecule has 2 heterocycles. The number of benzene rings is 1. The van der Waals surface area contributed by atoms with E-state index >= 15 is 0 Å². The van der Waals surface area contributed by atoms with Crippen LogP contribution in [0.2, 0.25) is 0 Å². The minimum absolute atomic E-state index is 0.0208. The lowest BCUT2D eigenvalue weighted by Gasteiger charge is -2.59. The molecule has 2 spiro atoms. The van der Waals surface area contributed by atoms with Crippen LogP contribution in [0.3, 0.4) is 0 Å². The van der Waals surface area contributed by atoms with E-state index in [1.54, 1.807) is 0 Å². The summed E-state index contributed by atoms with van der Waals surface area (Å²) in [6.07, 6.45) is 5.39. The van der Waals surface area contributed by atoms with Crippen molar-refractivity contribution in [2.75, 3.05) is 39.5 Å². The van der Waals surface area contributed by atoms with Gasteiger partial charge in [0.1, 0.15) is 12.4 Å². The van der Waals surface area contributed by atoms with Crippen molar-refractivity contribution in [3.8, 4) is 5.75 Å². The summed E-state index contributed by atoms with van der Waals surface area (Å²) < 4.78 is 47.2. The SMILES string of the molecule is FC1(F)C2CC3CC1CC(C2)C31OOC2(CCC(c3ccc(OCCN4CCOCC4)cc3)CC2)O1. The van der Waals surface area contributed by atoms with Gasteiger partial charge < -0.3 is 14.2 Å². The van der Waals surface area contributed by atoms with Gasteiger partial charge in [0.25, 0.3) is 5.92 Å². The molecule has 8 rings (SSSR count). The Bertz CT molecular complexity index is 910. The maximum Gasteiger partial charge on any atom is 0.253 e. The number of ether oxygens (including phenoxy) is 3. The zero-order chi connectivity index (χ0) is 24.4. The normalized spacial score (nSPS) is 43.4. The van der Waals surface area contributed by atoms with Gasteiger partial charge in [-0.2, -0.15) is 9.78 Å². The predicted octanol–water partition coefficient (Wildman–Crippen LogP) is 5.13. The van der Waals surface area contributed by atoms with E-state index in [1.807, 2.05) is 0 Å². The van der Waals surface area contributed by atoms with Crippen LogP contribution in [0, 0.1) is 23.7 Å². The number of morpholine rings is 1. The van der Waals surface area contributed by atoms with Gasteiger partial charge in [0.15, 0.2) is 0 Å². The van der Waals surface area contributed by atoms with E-state index in [4.69, 9.17) is 24.0 Å². The third-order valence-electron chi connectivity index (χ3n) is 10.1. The summed E-state index contributed by atoms with van der Waals surface area (Å²) in [5, 5.41) is 0. The Morgan fingerprint density at radius 1 is 0.861 bits per heavy atom. The molecule has 8 heteroatoms. The van der Waals surface area contributed by atoms with Gasteiger partial charge in [0, 0.05) is 56.1 Å². The summed E-state index contributed by atoms with van der Waals surface area (Å²) in [6, 6.07) is 8.51. The Kier molecular flexibility index (Phi) is 5.86. The summed E-state index contributed by atoms with van der Waals surface area (Å²) in [5.41, 5.74) is 1.32. The van der Waals surface area contributed by atoms with Crippen LogP contribution in [0.4, 0.5) is 8.78 Å². The molecule has 0 radical (unpaired) electrons. The lowest BCUT2D eigenvalue weighted by atomic mass is 9.51. The maximum atomic E-state index is 14.6. The molecule has 1 aromatic rings. The smallest absolute Gasteiger partial charge is 0.253 e. The molecular weight excluding hydrogens is 468 g/mol. The monoisotopic (exact) mass is 505 g/mol. The average molecular weight is 506 g/mol. The van der Waals surface area contributed by atoms with Crippen molar-refractivity contribution in [2.45, 2.75) is 74.8 Å². The minimum atomic E-state index is -2.52. The first kappa shape index (κ1) is 23.8. The van der Waals surface area contributed by atoms with Crippen LogP contribution >= 0.6 is 0 Å². The Balaban J connectivity index is 0.932. The van der Waals surface area contributed by atoms with Gasteiger partial charge in [-0.1, -0.05) is 12.1 Å². The van der Waals surface area contributed by atoms with Crippen molar-refractivity contribution in [3.63, 3.8) is 0 Å². The fourth-order valence-electron chi connectivity index (χ4n) is 8.01. The largest absolute Gasteiger partial charge is 0.492 e. The average Bonchev–Trinajstić information content (AvgIpc) is 3.24. The van der Waals surface area contributed by atoms with Crippen molar-refractivity contribution in [1.29, 1.82) is 0 Å². The van der Waals surface area contributed by atoms with Crippen molar-refractivity contribution < 1.29 is 32.8 Å². The summed E-state index contributed by atoms with van der Waals surface area (Å²) >= 11 is 0. The van der Waals surface area contributed by atoms with Crippen LogP contribution in [0.1, 0.15) is 62.8 Å². The van der Waals surface area contributed by atoms with E-state index in [0.29, 0.717) is 38.2 Å². The molecule has 36 heavy (non-hydrogen) atoms. The zero-order valence-corrected chi connectivity index (χ0v) is 20.8. The quantitative estimate of drug-likeness (QED) is 0.518. The van der Waals surface area contributed by atoms with Crippen molar-refractivity contribution in [1.82, 2.24) is 4.90 Å². The van der Waals surface area contributed by atoms with Gasteiger partial charge in [-0.25, -0.2) is 8.78 Å². The highest BCUT2D eigenvalue weighted by atomic mass is 19.3. The summed E-state index contributed by atoms with van der Waals surface area (Å²) in [7, 11) is 0. The van der Waals surface area contributed by atoms with Gasteiger partial charge in [-0.15, -0.1) is 0 Å². The molecule has 0 N–H and O–H groups in total. The first-order valence-corrected chi connectivity index (χ1v) is 13.9. The molecule has 1 aromatic carbocycles. The maximum absolute atomic E-state index is 14.6. The van der Waals surface area contributed by atoms with E-state index in [9.17, 15) is 8.78 Å². The van der Waals surface area contributed by atoms with Gasteiger partial charge in [0.2, 0.25) is 11.6 Å². The molecule has 2 aliphatic heterocycles. The minimum Gasteiger partial charge on any atom is -0.492 e. The van der Waals surface area contributed by atoms with Crippen molar-refractivity contribution >= 4 is 0 Å². The second-order valence-electron chi connectivity index (χ2n) is 12.0. The molecule has 0 amide bonds. The van der Waals surface area contributed by atoms with E-state index in [0.717, 1.165) is 64.3 Å². The molecule has 0 unspecified atom stereocenters. The highest BCUT2D eigenvalue weighted by molar-refractivity contribution is 5.30. The summed E-state index contributed by atoms with van der Waals surface area (Å²) in [5.74, 6) is -3.70. The van der Waals surface area contributed by atoms with E-state index in [2.05, 4.69) is 29.2 Å². The van der Waals surface area contributed by atoms with Crippen LogP contribution in [-0.4, -0.2) is 61.9 Å². The highest BCUT2D eigenvalue weighted by Gasteiger charge is 2.72. The molecule has 4 bridgehead atoms. The second kappa shape index (κ2) is 8.87. The Hall–Kier alpha value is -1.32. The van der Waals surface area contributed by atoms with Gasteiger partial charge in [-0.3, -0.25) is 4.90 Å². The lowest BCUT2D eigenvalue weighted by molar-refractivity contribution is -0.402. The molecule has 5 saturated carbocycles. The van der Waals surface area contributed by atoms with Crippen molar-refractivity contribution in [3.05, 3.63) is 29.8 Å². The predicted molar refractivity (Wildman–Crippen MR) is 126 cm³/mol. The van der Waals surface area contributed by atoms with Gasteiger partial charge >= 0.3 is 0 Å². The number of alkyl halides is 2.